The summed E-state index contributed by atoms with van der Waals surface area (Å²) in [5.74, 6) is 0.820. The molecule has 0 N–H and O–H groups in total. The Kier molecular flexibility index (Phi) is 2.99. The number of rotatable bonds is 5. The van der Waals surface area contributed by atoms with E-state index in [0.717, 1.165) is 25.5 Å². The fraction of sp³-hybridized carbons (Fsp3) is 1.00. The number of hydrogen-bond acceptors (Lipinski definition) is 1. The Hall–Kier alpha value is 0.250. The predicted molar refractivity (Wildman–Crippen MR) is 43.5 cm³/mol. The molecule has 0 heterocycles. The molecule has 0 unspecified atom stereocenters. The monoisotopic (exact) mass is 162 g/mol. The first-order chi connectivity index (χ1) is 4.83. The van der Waals surface area contributed by atoms with Gasteiger partial charge in [0.15, 0.2) is 0 Å². The molecule has 0 aromatic carbocycles. The lowest BCUT2D eigenvalue weighted by Gasteiger charge is -2.09. The summed E-state index contributed by atoms with van der Waals surface area (Å²) < 4.78 is 5.25. The fourth-order valence-electron chi connectivity index (χ4n) is 1.06. The highest BCUT2D eigenvalue weighted by atomic mass is 35.5. The molecule has 0 radical (unpaired) electrons. The lowest BCUT2D eigenvalue weighted by atomic mass is 10.1. The van der Waals surface area contributed by atoms with Gasteiger partial charge in [-0.05, 0) is 31.6 Å². The van der Waals surface area contributed by atoms with Crippen LogP contribution in [0.1, 0.15) is 26.2 Å². The van der Waals surface area contributed by atoms with E-state index in [1.165, 1.54) is 12.8 Å². The standard InChI is InChI=1S/C8H15ClO/c1-2-10-6-5-8(7-9)3-4-8/h2-7H2,1H3. The molecule has 1 saturated carbocycles. The Balaban J connectivity index is 2.01. The second kappa shape index (κ2) is 3.59. The molecule has 0 bridgehead atoms. The fourth-order valence-corrected chi connectivity index (χ4v) is 1.46. The van der Waals surface area contributed by atoms with Crippen molar-refractivity contribution in [1.29, 1.82) is 0 Å². The van der Waals surface area contributed by atoms with E-state index < -0.39 is 0 Å². The molecule has 60 valence electrons. The first-order valence-corrected chi connectivity index (χ1v) is 4.50. The minimum absolute atomic E-state index is 0.483. The zero-order chi connectivity index (χ0) is 7.45. The molecule has 0 saturated heterocycles. The third kappa shape index (κ3) is 2.14. The first kappa shape index (κ1) is 8.35. The highest BCUT2D eigenvalue weighted by molar-refractivity contribution is 6.18. The van der Waals surface area contributed by atoms with Gasteiger partial charge in [0, 0.05) is 19.1 Å². The summed E-state index contributed by atoms with van der Waals surface area (Å²) in [5, 5.41) is 0. The van der Waals surface area contributed by atoms with E-state index in [9.17, 15) is 0 Å². The van der Waals surface area contributed by atoms with Gasteiger partial charge in [0.05, 0.1) is 0 Å². The smallest absolute Gasteiger partial charge is 0.0471 e. The Morgan fingerprint density at radius 1 is 1.50 bits per heavy atom. The highest BCUT2D eigenvalue weighted by Gasteiger charge is 2.40. The maximum Gasteiger partial charge on any atom is 0.0471 e. The highest BCUT2D eigenvalue weighted by Crippen LogP contribution is 2.49. The molecule has 0 aromatic rings. The van der Waals surface area contributed by atoms with Crippen LogP contribution in [0.4, 0.5) is 0 Å². The number of alkyl halides is 1. The van der Waals surface area contributed by atoms with Crippen molar-refractivity contribution in [3.05, 3.63) is 0 Å². The van der Waals surface area contributed by atoms with Crippen molar-refractivity contribution in [2.45, 2.75) is 26.2 Å². The molecular weight excluding hydrogens is 148 g/mol. The van der Waals surface area contributed by atoms with Gasteiger partial charge in [-0.25, -0.2) is 0 Å². The van der Waals surface area contributed by atoms with Crippen LogP contribution in [0.5, 0.6) is 0 Å². The Labute approximate surface area is 67.7 Å². The van der Waals surface area contributed by atoms with E-state index in [-0.39, 0.29) is 0 Å². The molecule has 1 aliphatic carbocycles. The zero-order valence-corrected chi connectivity index (χ0v) is 7.28. The van der Waals surface area contributed by atoms with E-state index in [1.807, 2.05) is 6.92 Å². The van der Waals surface area contributed by atoms with Crippen molar-refractivity contribution >= 4 is 11.6 Å². The maximum absolute atomic E-state index is 5.78. The van der Waals surface area contributed by atoms with Crippen LogP contribution in [-0.2, 0) is 4.74 Å². The summed E-state index contributed by atoms with van der Waals surface area (Å²) in [7, 11) is 0. The van der Waals surface area contributed by atoms with Gasteiger partial charge in [0.25, 0.3) is 0 Å². The normalized spacial score (nSPS) is 21.0. The average Bonchev–Trinajstić information content (AvgIpc) is 2.70. The quantitative estimate of drug-likeness (QED) is 0.446. The molecule has 1 fully saturated rings. The van der Waals surface area contributed by atoms with Crippen LogP contribution in [0.3, 0.4) is 0 Å². The first-order valence-electron chi connectivity index (χ1n) is 3.97. The number of ether oxygens (including phenoxy) is 1. The molecule has 0 atom stereocenters. The van der Waals surface area contributed by atoms with Gasteiger partial charge >= 0.3 is 0 Å². The number of halogens is 1. The molecule has 1 rings (SSSR count). The molecule has 1 aliphatic rings. The van der Waals surface area contributed by atoms with Crippen LogP contribution in [0, 0.1) is 5.41 Å². The van der Waals surface area contributed by atoms with Crippen LogP contribution in [0.2, 0.25) is 0 Å². The summed E-state index contributed by atoms with van der Waals surface area (Å²) in [6.07, 6.45) is 3.78. The minimum atomic E-state index is 0.483. The van der Waals surface area contributed by atoms with Gasteiger partial charge < -0.3 is 4.74 Å². The number of hydrogen-bond donors (Lipinski definition) is 0. The van der Waals surface area contributed by atoms with Crippen molar-refractivity contribution in [2.75, 3.05) is 19.1 Å². The SMILES string of the molecule is CCOCCC1(CCl)CC1. The summed E-state index contributed by atoms with van der Waals surface area (Å²) in [4.78, 5) is 0. The largest absolute Gasteiger partial charge is 0.382 e. The van der Waals surface area contributed by atoms with E-state index in [2.05, 4.69) is 0 Å². The van der Waals surface area contributed by atoms with Gasteiger partial charge in [-0.2, -0.15) is 0 Å². The Bertz CT molecular complexity index is 99.4. The third-order valence-electron chi connectivity index (χ3n) is 2.22. The Morgan fingerprint density at radius 3 is 2.60 bits per heavy atom. The van der Waals surface area contributed by atoms with Gasteiger partial charge in [0.2, 0.25) is 0 Å². The lowest BCUT2D eigenvalue weighted by molar-refractivity contribution is 0.131. The second-order valence-electron chi connectivity index (χ2n) is 3.08. The summed E-state index contributed by atoms with van der Waals surface area (Å²) in [6, 6.07) is 0. The molecule has 0 aliphatic heterocycles. The summed E-state index contributed by atoms with van der Waals surface area (Å²) >= 11 is 5.78. The summed E-state index contributed by atoms with van der Waals surface area (Å²) in [6.45, 7) is 3.75. The Morgan fingerprint density at radius 2 is 2.20 bits per heavy atom. The van der Waals surface area contributed by atoms with Crippen LogP contribution < -0.4 is 0 Å². The third-order valence-corrected chi connectivity index (χ3v) is 2.79. The predicted octanol–water partition coefficient (Wildman–Crippen LogP) is 2.43. The van der Waals surface area contributed by atoms with Crippen LogP contribution in [0.15, 0.2) is 0 Å². The maximum atomic E-state index is 5.78. The van der Waals surface area contributed by atoms with Gasteiger partial charge in [-0.1, -0.05) is 0 Å². The molecule has 10 heavy (non-hydrogen) atoms. The van der Waals surface area contributed by atoms with Crippen molar-refractivity contribution in [1.82, 2.24) is 0 Å². The molecule has 0 amide bonds. The second-order valence-corrected chi connectivity index (χ2v) is 3.35. The van der Waals surface area contributed by atoms with Gasteiger partial charge in [0.1, 0.15) is 0 Å². The van der Waals surface area contributed by atoms with Crippen molar-refractivity contribution < 1.29 is 4.74 Å². The van der Waals surface area contributed by atoms with E-state index >= 15 is 0 Å². The molecule has 2 heteroatoms. The molecule has 1 nitrogen and oxygen atoms in total. The zero-order valence-electron chi connectivity index (χ0n) is 6.53. The van der Waals surface area contributed by atoms with Crippen LogP contribution >= 0.6 is 11.6 Å². The van der Waals surface area contributed by atoms with E-state index in [0.29, 0.717) is 5.41 Å². The lowest BCUT2D eigenvalue weighted by Crippen LogP contribution is -2.06. The van der Waals surface area contributed by atoms with E-state index in [1.54, 1.807) is 0 Å². The molecular formula is C8H15ClO. The van der Waals surface area contributed by atoms with Crippen molar-refractivity contribution in [3.63, 3.8) is 0 Å². The van der Waals surface area contributed by atoms with Crippen LogP contribution in [0.25, 0.3) is 0 Å². The minimum Gasteiger partial charge on any atom is -0.382 e. The van der Waals surface area contributed by atoms with Crippen molar-refractivity contribution in [2.24, 2.45) is 5.41 Å². The van der Waals surface area contributed by atoms with Gasteiger partial charge in [-0.15, -0.1) is 11.6 Å². The topological polar surface area (TPSA) is 9.23 Å². The summed E-state index contributed by atoms with van der Waals surface area (Å²) in [5.41, 5.74) is 0.483. The average molecular weight is 163 g/mol. The molecule has 0 spiro atoms. The van der Waals surface area contributed by atoms with Crippen molar-refractivity contribution in [3.8, 4) is 0 Å². The van der Waals surface area contributed by atoms with Gasteiger partial charge in [-0.3, -0.25) is 0 Å². The van der Waals surface area contributed by atoms with Crippen LogP contribution in [-0.4, -0.2) is 19.1 Å². The van der Waals surface area contributed by atoms with E-state index in [4.69, 9.17) is 16.3 Å². The molecule has 0 aromatic heterocycles.